The van der Waals surface area contributed by atoms with Crippen LogP contribution < -0.4 is 10.6 Å². The highest BCUT2D eigenvalue weighted by Gasteiger charge is 2.22. The lowest BCUT2D eigenvalue weighted by Gasteiger charge is -2.38. The van der Waals surface area contributed by atoms with E-state index in [0.717, 1.165) is 32.2 Å². The molecule has 18 heavy (non-hydrogen) atoms. The minimum absolute atomic E-state index is 0.594. The van der Waals surface area contributed by atoms with E-state index >= 15 is 0 Å². The van der Waals surface area contributed by atoms with Crippen LogP contribution >= 0.6 is 0 Å². The van der Waals surface area contributed by atoms with Gasteiger partial charge in [0.2, 0.25) is 0 Å². The summed E-state index contributed by atoms with van der Waals surface area (Å²) in [6.07, 6.45) is 4.37. The summed E-state index contributed by atoms with van der Waals surface area (Å²) in [6, 6.07) is 4.70. The number of hydrogen-bond acceptors (Lipinski definition) is 4. The molecular weight excluding hydrogens is 224 g/mol. The molecule has 0 unspecified atom stereocenters. The molecule has 2 heterocycles. The third-order valence-electron chi connectivity index (χ3n) is 3.93. The SMILES string of the molecule is CCN(CC)C1CCN(c2ccc(N)nc2)CC1. The van der Waals surface area contributed by atoms with Crippen molar-refractivity contribution in [1.82, 2.24) is 9.88 Å². The van der Waals surface area contributed by atoms with E-state index in [1.807, 2.05) is 12.3 Å². The third kappa shape index (κ3) is 2.93. The summed E-state index contributed by atoms with van der Waals surface area (Å²) >= 11 is 0. The highest BCUT2D eigenvalue weighted by atomic mass is 15.2. The van der Waals surface area contributed by atoms with Crippen LogP contribution in [0.15, 0.2) is 18.3 Å². The Bertz CT molecular complexity index is 351. The Morgan fingerprint density at radius 2 is 1.94 bits per heavy atom. The molecule has 0 aliphatic carbocycles. The predicted molar refractivity (Wildman–Crippen MR) is 76.8 cm³/mol. The monoisotopic (exact) mass is 248 g/mol. The number of rotatable bonds is 4. The first-order valence-electron chi connectivity index (χ1n) is 6.95. The fraction of sp³-hybridized carbons (Fsp3) is 0.643. The lowest BCUT2D eigenvalue weighted by molar-refractivity contribution is 0.186. The molecule has 2 rings (SSSR count). The van der Waals surface area contributed by atoms with E-state index in [0.29, 0.717) is 5.82 Å². The summed E-state index contributed by atoms with van der Waals surface area (Å²) in [5, 5.41) is 0. The van der Waals surface area contributed by atoms with Crippen LogP contribution in [0.25, 0.3) is 0 Å². The van der Waals surface area contributed by atoms with Crippen LogP contribution in [-0.2, 0) is 0 Å². The van der Waals surface area contributed by atoms with Gasteiger partial charge < -0.3 is 15.5 Å². The second-order valence-electron chi connectivity index (χ2n) is 4.88. The number of nitrogens with two attached hydrogens (primary N) is 1. The quantitative estimate of drug-likeness (QED) is 0.885. The first-order valence-corrected chi connectivity index (χ1v) is 6.95. The summed E-state index contributed by atoms with van der Waals surface area (Å²) in [6.45, 7) is 9.05. The van der Waals surface area contributed by atoms with Crippen LogP contribution in [0.2, 0.25) is 0 Å². The van der Waals surface area contributed by atoms with E-state index < -0.39 is 0 Å². The smallest absolute Gasteiger partial charge is 0.123 e. The molecule has 0 saturated carbocycles. The van der Waals surface area contributed by atoms with Gasteiger partial charge in [0.15, 0.2) is 0 Å². The molecule has 100 valence electrons. The lowest BCUT2D eigenvalue weighted by Crippen LogP contribution is -2.44. The van der Waals surface area contributed by atoms with Crippen molar-refractivity contribution in [3.8, 4) is 0 Å². The second kappa shape index (κ2) is 6.05. The minimum Gasteiger partial charge on any atom is -0.384 e. The van der Waals surface area contributed by atoms with Gasteiger partial charge in [0.25, 0.3) is 0 Å². The van der Waals surface area contributed by atoms with Crippen molar-refractivity contribution < 1.29 is 0 Å². The van der Waals surface area contributed by atoms with Gasteiger partial charge in [-0.3, -0.25) is 0 Å². The van der Waals surface area contributed by atoms with Gasteiger partial charge in [0.05, 0.1) is 11.9 Å². The molecule has 1 aromatic rings. The molecule has 1 aliphatic heterocycles. The van der Waals surface area contributed by atoms with Gasteiger partial charge in [-0.15, -0.1) is 0 Å². The van der Waals surface area contributed by atoms with E-state index in [2.05, 4.69) is 34.7 Å². The van der Waals surface area contributed by atoms with Gasteiger partial charge in [-0.25, -0.2) is 4.98 Å². The normalized spacial score (nSPS) is 17.4. The maximum Gasteiger partial charge on any atom is 0.123 e. The van der Waals surface area contributed by atoms with E-state index in [1.165, 1.54) is 18.5 Å². The van der Waals surface area contributed by atoms with Crippen molar-refractivity contribution in [3.05, 3.63) is 18.3 Å². The van der Waals surface area contributed by atoms with Crippen molar-refractivity contribution in [1.29, 1.82) is 0 Å². The summed E-state index contributed by atoms with van der Waals surface area (Å²) in [7, 11) is 0. The standard InChI is InChI=1S/C14H24N4/c1-3-17(4-2)12-7-9-18(10-8-12)13-5-6-14(15)16-11-13/h5-6,11-12H,3-4,7-10H2,1-2H3,(H2,15,16). The molecule has 0 amide bonds. The van der Waals surface area contributed by atoms with Crippen LogP contribution in [-0.4, -0.2) is 42.1 Å². The topological polar surface area (TPSA) is 45.4 Å². The number of nitrogen functional groups attached to an aromatic ring is 1. The second-order valence-corrected chi connectivity index (χ2v) is 4.88. The maximum absolute atomic E-state index is 5.62. The van der Waals surface area contributed by atoms with Crippen LogP contribution in [0, 0.1) is 0 Å². The third-order valence-corrected chi connectivity index (χ3v) is 3.93. The Hall–Kier alpha value is -1.29. The van der Waals surface area contributed by atoms with E-state index in [4.69, 9.17) is 5.73 Å². The minimum atomic E-state index is 0.594. The molecule has 1 fully saturated rings. The summed E-state index contributed by atoms with van der Waals surface area (Å²) < 4.78 is 0. The number of piperidine rings is 1. The van der Waals surface area contributed by atoms with Crippen LogP contribution in [0.1, 0.15) is 26.7 Å². The Kier molecular flexibility index (Phi) is 4.42. The summed E-state index contributed by atoms with van der Waals surface area (Å²) in [5.41, 5.74) is 6.81. The summed E-state index contributed by atoms with van der Waals surface area (Å²) in [4.78, 5) is 9.14. The first kappa shape index (κ1) is 13.1. The van der Waals surface area contributed by atoms with Crippen molar-refractivity contribution >= 4 is 11.5 Å². The van der Waals surface area contributed by atoms with Crippen molar-refractivity contribution in [2.45, 2.75) is 32.7 Å². The molecule has 4 heteroatoms. The predicted octanol–water partition coefficient (Wildman–Crippen LogP) is 1.97. The van der Waals surface area contributed by atoms with E-state index in [-0.39, 0.29) is 0 Å². The van der Waals surface area contributed by atoms with Gasteiger partial charge in [-0.2, -0.15) is 0 Å². The van der Waals surface area contributed by atoms with E-state index in [1.54, 1.807) is 0 Å². The maximum atomic E-state index is 5.62. The van der Waals surface area contributed by atoms with Gasteiger partial charge >= 0.3 is 0 Å². The molecule has 0 atom stereocenters. The van der Waals surface area contributed by atoms with Gasteiger partial charge in [-0.1, -0.05) is 13.8 Å². The molecule has 0 radical (unpaired) electrons. The number of anilines is 2. The lowest BCUT2D eigenvalue weighted by atomic mass is 10.0. The van der Waals surface area contributed by atoms with Crippen LogP contribution in [0.3, 0.4) is 0 Å². The zero-order valence-electron chi connectivity index (χ0n) is 11.5. The molecule has 1 aromatic heterocycles. The fourth-order valence-corrected chi connectivity index (χ4v) is 2.81. The fourth-order valence-electron chi connectivity index (χ4n) is 2.81. The Morgan fingerprint density at radius 3 is 2.44 bits per heavy atom. The average Bonchev–Trinajstić information content (AvgIpc) is 2.42. The molecule has 4 nitrogen and oxygen atoms in total. The van der Waals surface area contributed by atoms with Crippen molar-refractivity contribution in [2.75, 3.05) is 36.8 Å². The highest BCUT2D eigenvalue weighted by Crippen LogP contribution is 2.22. The Labute approximate surface area is 110 Å². The molecule has 0 bridgehead atoms. The zero-order valence-corrected chi connectivity index (χ0v) is 11.5. The molecule has 1 aliphatic rings. The number of pyridine rings is 1. The number of nitrogens with zero attached hydrogens (tertiary/aromatic N) is 3. The van der Waals surface area contributed by atoms with Gasteiger partial charge in [-0.05, 0) is 38.1 Å². The largest absolute Gasteiger partial charge is 0.384 e. The molecule has 0 spiro atoms. The summed E-state index contributed by atoms with van der Waals surface area (Å²) in [5.74, 6) is 0.594. The van der Waals surface area contributed by atoms with Crippen LogP contribution in [0.5, 0.6) is 0 Å². The Morgan fingerprint density at radius 1 is 1.28 bits per heavy atom. The van der Waals surface area contributed by atoms with Gasteiger partial charge in [0.1, 0.15) is 5.82 Å². The Balaban J connectivity index is 1.92. The van der Waals surface area contributed by atoms with E-state index in [9.17, 15) is 0 Å². The molecule has 1 saturated heterocycles. The highest BCUT2D eigenvalue weighted by molar-refractivity contribution is 5.48. The number of hydrogen-bond donors (Lipinski definition) is 1. The zero-order chi connectivity index (χ0) is 13.0. The van der Waals surface area contributed by atoms with Gasteiger partial charge in [0, 0.05) is 19.1 Å². The number of aromatic nitrogens is 1. The molecular formula is C14H24N4. The van der Waals surface area contributed by atoms with Crippen LogP contribution in [0.4, 0.5) is 11.5 Å². The van der Waals surface area contributed by atoms with Crippen molar-refractivity contribution in [3.63, 3.8) is 0 Å². The average molecular weight is 248 g/mol. The first-order chi connectivity index (χ1) is 8.74. The van der Waals surface area contributed by atoms with Crippen molar-refractivity contribution in [2.24, 2.45) is 0 Å². The molecule has 0 aromatic carbocycles. The molecule has 2 N–H and O–H groups in total.